The van der Waals surface area contributed by atoms with Crippen molar-refractivity contribution in [3.63, 3.8) is 0 Å². The lowest BCUT2D eigenvalue weighted by Crippen LogP contribution is -2.49. The monoisotopic (exact) mass is 410 g/mol. The third-order valence-corrected chi connectivity index (χ3v) is 5.36. The highest BCUT2D eigenvalue weighted by Crippen LogP contribution is 2.44. The lowest BCUT2D eigenvalue weighted by Gasteiger charge is -2.25. The Morgan fingerprint density at radius 2 is 1.60 bits per heavy atom. The summed E-state index contributed by atoms with van der Waals surface area (Å²) >= 11 is 0. The van der Waals surface area contributed by atoms with E-state index in [1.807, 2.05) is 36.4 Å². The van der Waals surface area contributed by atoms with Gasteiger partial charge in [-0.1, -0.05) is 55.5 Å². The summed E-state index contributed by atoms with van der Waals surface area (Å²) in [5.41, 5.74) is 4.48. The highest BCUT2D eigenvalue weighted by molar-refractivity contribution is 5.88. The van der Waals surface area contributed by atoms with Crippen molar-refractivity contribution in [2.24, 2.45) is 0 Å². The van der Waals surface area contributed by atoms with Crippen molar-refractivity contribution in [2.45, 2.75) is 32.2 Å². The normalized spacial score (nSPS) is 13.1. The molecule has 0 fully saturated rings. The first-order valence-corrected chi connectivity index (χ1v) is 10.1. The fraction of sp³-hybridized carbons (Fsp3) is 0.348. The summed E-state index contributed by atoms with van der Waals surface area (Å²) in [7, 11) is 0. The third kappa shape index (κ3) is 4.45. The van der Waals surface area contributed by atoms with Gasteiger partial charge in [0.15, 0.2) is 0 Å². The molecule has 0 saturated carbocycles. The van der Waals surface area contributed by atoms with Gasteiger partial charge in [0.2, 0.25) is 5.91 Å². The predicted octanol–water partition coefficient (Wildman–Crippen LogP) is 3.24. The lowest BCUT2D eigenvalue weighted by molar-refractivity contribution is -0.145. The van der Waals surface area contributed by atoms with Crippen molar-refractivity contribution in [2.75, 3.05) is 19.7 Å². The SMILES string of the molecule is CCC(NC(=O)OCC1c2ccccc2-c2ccccc21)C(=O)N(CC)CC(=O)O. The van der Waals surface area contributed by atoms with Crippen molar-refractivity contribution in [1.82, 2.24) is 10.2 Å². The molecule has 7 heteroatoms. The fourth-order valence-corrected chi connectivity index (χ4v) is 3.85. The molecule has 0 spiro atoms. The summed E-state index contributed by atoms with van der Waals surface area (Å²) in [6.07, 6.45) is -0.359. The van der Waals surface area contributed by atoms with Gasteiger partial charge >= 0.3 is 12.1 Å². The van der Waals surface area contributed by atoms with Crippen LogP contribution in [0.25, 0.3) is 11.1 Å². The van der Waals surface area contributed by atoms with Crippen LogP contribution in [-0.4, -0.2) is 53.7 Å². The Bertz CT molecular complexity index is 897. The van der Waals surface area contributed by atoms with Gasteiger partial charge in [0.25, 0.3) is 0 Å². The Kier molecular flexibility index (Phi) is 6.72. The van der Waals surface area contributed by atoms with E-state index in [0.717, 1.165) is 22.3 Å². The molecular formula is C23H26N2O5. The van der Waals surface area contributed by atoms with Crippen LogP contribution >= 0.6 is 0 Å². The zero-order chi connectivity index (χ0) is 21.7. The second-order valence-electron chi connectivity index (χ2n) is 7.18. The molecule has 0 aliphatic heterocycles. The van der Waals surface area contributed by atoms with Gasteiger partial charge in [-0.2, -0.15) is 0 Å². The first-order chi connectivity index (χ1) is 14.5. The molecule has 7 nitrogen and oxygen atoms in total. The zero-order valence-electron chi connectivity index (χ0n) is 17.1. The van der Waals surface area contributed by atoms with Crippen LogP contribution < -0.4 is 5.32 Å². The average Bonchev–Trinajstić information content (AvgIpc) is 3.07. The molecule has 2 N–H and O–H groups in total. The molecule has 2 aromatic carbocycles. The maximum atomic E-state index is 12.6. The molecular weight excluding hydrogens is 384 g/mol. The number of alkyl carbamates (subject to hydrolysis) is 1. The summed E-state index contributed by atoms with van der Waals surface area (Å²) in [6.45, 7) is 3.44. The summed E-state index contributed by atoms with van der Waals surface area (Å²) in [6, 6.07) is 15.2. The number of rotatable bonds is 8. The Labute approximate surface area is 175 Å². The molecule has 2 amide bonds. The Hall–Kier alpha value is -3.35. The number of nitrogens with one attached hydrogen (secondary N) is 1. The molecule has 1 unspecified atom stereocenters. The van der Waals surface area contributed by atoms with Gasteiger partial charge in [0, 0.05) is 12.5 Å². The number of amides is 2. The van der Waals surface area contributed by atoms with Crippen LogP contribution in [0, 0.1) is 0 Å². The van der Waals surface area contributed by atoms with Crippen LogP contribution in [0.1, 0.15) is 37.3 Å². The number of carboxylic acids is 1. The van der Waals surface area contributed by atoms with Gasteiger partial charge in [-0.05, 0) is 35.6 Å². The van der Waals surface area contributed by atoms with E-state index in [9.17, 15) is 14.4 Å². The van der Waals surface area contributed by atoms with Crippen molar-refractivity contribution in [1.29, 1.82) is 0 Å². The summed E-state index contributed by atoms with van der Waals surface area (Å²) < 4.78 is 5.48. The van der Waals surface area contributed by atoms with Crippen LogP contribution in [0.3, 0.4) is 0 Å². The number of carbonyl (C=O) groups is 3. The number of benzene rings is 2. The molecule has 1 aliphatic carbocycles. The van der Waals surface area contributed by atoms with Crippen molar-refractivity contribution >= 4 is 18.0 Å². The van der Waals surface area contributed by atoms with Crippen molar-refractivity contribution in [3.05, 3.63) is 59.7 Å². The first-order valence-electron chi connectivity index (χ1n) is 10.1. The number of carboxylic acid groups (broad SMARTS) is 1. The molecule has 0 saturated heterocycles. The second kappa shape index (κ2) is 9.43. The maximum Gasteiger partial charge on any atom is 0.407 e. The molecule has 2 aromatic rings. The number of carbonyl (C=O) groups excluding carboxylic acids is 2. The van der Waals surface area contributed by atoms with Crippen molar-refractivity contribution in [3.8, 4) is 11.1 Å². The minimum atomic E-state index is -1.10. The van der Waals surface area contributed by atoms with Crippen LogP contribution in [0.5, 0.6) is 0 Å². The minimum Gasteiger partial charge on any atom is -0.480 e. The van der Waals surface area contributed by atoms with Gasteiger partial charge in [0.05, 0.1) is 0 Å². The molecule has 30 heavy (non-hydrogen) atoms. The topological polar surface area (TPSA) is 95.9 Å². The van der Waals surface area contributed by atoms with E-state index in [4.69, 9.17) is 9.84 Å². The standard InChI is InChI=1S/C23H26N2O5/c1-3-20(22(28)25(4-2)13-21(26)27)24-23(29)30-14-19-17-11-7-5-9-15(17)16-10-6-8-12-18(16)19/h5-12,19-20H,3-4,13-14H2,1-2H3,(H,24,29)(H,26,27). The summed E-state index contributed by atoms with van der Waals surface area (Å²) in [5, 5.41) is 11.5. The molecule has 0 bridgehead atoms. The van der Waals surface area contributed by atoms with E-state index in [1.165, 1.54) is 4.90 Å². The number of hydrogen-bond acceptors (Lipinski definition) is 4. The number of aliphatic carboxylic acids is 1. The van der Waals surface area contributed by atoms with Crippen LogP contribution in [-0.2, 0) is 14.3 Å². The molecule has 1 aliphatic rings. The molecule has 158 valence electrons. The number of nitrogens with zero attached hydrogens (tertiary/aromatic N) is 1. The van der Waals surface area contributed by atoms with E-state index in [2.05, 4.69) is 17.4 Å². The zero-order valence-corrected chi connectivity index (χ0v) is 17.1. The smallest absolute Gasteiger partial charge is 0.407 e. The van der Waals surface area contributed by atoms with Gasteiger partial charge in [-0.3, -0.25) is 9.59 Å². The van der Waals surface area contributed by atoms with Gasteiger partial charge in [-0.25, -0.2) is 4.79 Å². The second-order valence-corrected chi connectivity index (χ2v) is 7.18. The molecule has 0 radical (unpaired) electrons. The largest absolute Gasteiger partial charge is 0.480 e. The Morgan fingerprint density at radius 3 is 2.10 bits per heavy atom. The van der Waals surface area contributed by atoms with E-state index in [-0.39, 0.29) is 19.1 Å². The first kappa shape index (κ1) is 21.4. The summed E-state index contributed by atoms with van der Waals surface area (Å²) in [5.74, 6) is -1.60. The Morgan fingerprint density at radius 1 is 1.03 bits per heavy atom. The highest BCUT2D eigenvalue weighted by Gasteiger charge is 2.30. The fourth-order valence-electron chi connectivity index (χ4n) is 3.85. The number of ether oxygens (including phenoxy) is 1. The van der Waals surface area contributed by atoms with Crippen LogP contribution in [0.15, 0.2) is 48.5 Å². The van der Waals surface area contributed by atoms with Gasteiger partial charge < -0.3 is 20.1 Å². The van der Waals surface area contributed by atoms with E-state index < -0.39 is 30.6 Å². The lowest BCUT2D eigenvalue weighted by atomic mass is 9.98. The quantitative estimate of drug-likeness (QED) is 0.697. The third-order valence-electron chi connectivity index (χ3n) is 5.36. The van der Waals surface area contributed by atoms with E-state index in [1.54, 1.807) is 13.8 Å². The van der Waals surface area contributed by atoms with E-state index >= 15 is 0 Å². The molecule has 0 heterocycles. The van der Waals surface area contributed by atoms with Gasteiger partial charge in [-0.15, -0.1) is 0 Å². The molecule has 0 aromatic heterocycles. The summed E-state index contributed by atoms with van der Waals surface area (Å²) in [4.78, 5) is 37.1. The predicted molar refractivity (Wildman–Crippen MR) is 112 cm³/mol. The highest BCUT2D eigenvalue weighted by atomic mass is 16.5. The van der Waals surface area contributed by atoms with Crippen LogP contribution in [0.4, 0.5) is 4.79 Å². The maximum absolute atomic E-state index is 12.6. The Balaban J connectivity index is 1.65. The molecule has 3 rings (SSSR count). The van der Waals surface area contributed by atoms with Crippen molar-refractivity contribution < 1.29 is 24.2 Å². The number of likely N-dealkylation sites (N-methyl/N-ethyl adjacent to an activating group) is 1. The van der Waals surface area contributed by atoms with Crippen LogP contribution in [0.2, 0.25) is 0 Å². The molecule has 1 atom stereocenters. The van der Waals surface area contributed by atoms with E-state index in [0.29, 0.717) is 6.42 Å². The number of fused-ring (bicyclic) bond motifs is 3. The average molecular weight is 410 g/mol. The minimum absolute atomic E-state index is 0.0712. The van der Waals surface area contributed by atoms with Gasteiger partial charge in [0.1, 0.15) is 19.2 Å². The number of hydrogen-bond donors (Lipinski definition) is 2.